The summed E-state index contributed by atoms with van der Waals surface area (Å²) in [6, 6.07) is 1.78. The van der Waals surface area contributed by atoms with E-state index in [0.29, 0.717) is 43.8 Å². The van der Waals surface area contributed by atoms with E-state index in [0.717, 1.165) is 19.3 Å². The number of hydrogen-bond donors (Lipinski definition) is 2. The van der Waals surface area contributed by atoms with Gasteiger partial charge in [0.1, 0.15) is 5.69 Å². The van der Waals surface area contributed by atoms with Gasteiger partial charge in [-0.05, 0) is 38.2 Å². The largest absolute Gasteiger partial charge is 0.450 e. The average molecular weight is 363 g/mol. The van der Waals surface area contributed by atoms with Crippen molar-refractivity contribution in [2.45, 2.75) is 46.1 Å². The minimum absolute atomic E-state index is 0.167. The summed E-state index contributed by atoms with van der Waals surface area (Å²) in [7, 11) is 0. The molecule has 1 aromatic heterocycles. The second-order valence-electron chi connectivity index (χ2n) is 6.81. The Morgan fingerprint density at radius 1 is 1.35 bits per heavy atom. The number of amides is 2. The lowest BCUT2D eigenvalue weighted by molar-refractivity contribution is 0.0944. The van der Waals surface area contributed by atoms with Crippen LogP contribution in [0, 0.1) is 5.92 Å². The van der Waals surface area contributed by atoms with E-state index < -0.39 is 0 Å². The molecule has 1 fully saturated rings. The van der Waals surface area contributed by atoms with Crippen molar-refractivity contribution in [1.82, 2.24) is 20.2 Å². The van der Waals surface area contributed by atoms with Gasteiger partial charge >= 0.3 is 6.09 Å². The first-order valence-electron chi connectivity index (χ1n) is 9.29. The van der Waals surface area contributed by atoms with Gasteiger partial charge in [-0.15, -0.1) is 0 Å². The number of carbonyl (C=O) groups is 2. The van der Waals surface area contributed by atoms with E-state index >= 15 is 0 Å². The zero-order chi connectivity index (χ0) is 18.9. The smallest absolute Gasteiger partial charge is 0.409 e. The molecular weight excluding hydrogens is 334 g/mol. The van der Waals surface area contributed by atoms with E-state index in [4.69, 9.17) is 4.74 Å². The van der Waals surface area contributed by atoms with Gasteiger partial charge in [0.25, 0.3) is 5.91 Å². The van der Waals surface area contributed by atoms with Gasteiger partial charge in [0.05, 0.1) is 6.61 Å². The molecule has 0 spiro atoms. The molecule has 0 unspecified atom stereocenters. The molecule has 0 aromatic carbocycles. The Kier molecular flexibility index (Phi) is 7.62. The standard InChI is InChI=1S/C18H29N5O3/c1-4-26-18(25)23-11-7-14(8-12-23)21-17-20-10-6-15(22-17)16(24)19-9-5-13(2)3/h6,10,13-14H,4-5,7-9,11-12H2,1-3H3,(H,19,24)(H,20,21,22). The van der Waals surface area contributed by atoms with E-state index in [-0.39, 0.29) is 18.0 Å². The second kappa shape index (κ2) is 9.94. The molecule has 2 amide bonds. The monoisotopic (exact) mass is 363 g/mol. The first-order chi connectivity index (χ1) is 12.5. The van der Waals surface area contributed by atoms with Crippen LogP contribution in [0.25, 0.3) is 0 Å². The van der Waals surface area contributed by atoms with Gasteiger partial charge in [0.15, 0.2) is 0 Å². The highest BCUT2D eigenvalue weighted by Gasteiger charge is 2.24. The van der Waals surface area contributed by atoms with Crippen LogP contribution >= 0.6 is 0 Å². The molecule has 144 valence electrons. The Bertz CT molecular complexity index is 600. The van der Waals surface area contributed by atoms with Crippen molar-refractivity contribution in [3.63, 3.8) is 0 Å². The van der Waals surface area contributed by atoms with Crippen LogP contribution in [-0.4, -0.2) is 59.2 Å². The second-order valence-corrected chi connectivity index (χ2v) is 6.81. The van der Waals surface area contributed by atoms with Crippen molar-refractivity contribution in [2.75, 3.05) is 31.6 Å². The predicted octanol–water partition coefficient (Wildman–Crippen LogP) is 2.29. The minimum atomic E-state index is -0.262. The van der Waals surface area contributed by atoms with Gasteiger partial charge in [-0.25, -0.2) is 14.8 Å². The molecule has 1 aromatic rings. The average Bonchev–Trinajstić information content (AvgIpc) is 2.62. The van der Waals surface area contributed by atoms with E-state index in [1.54, 1.807) is 24.1 Å². The molecule has 0 aliphatic carbocycles. The number of hydrogen-bond acceptors (Lipinski definition) is 6. The van der Waals surface area contributed by atoms with Crippen molar-refractivity contribution in [2.24, 2.45) is 5.92 Å². The maximum Gasteiger partial charge on any atom is 0.409 e. The molecular formula is C18H29N5O3. The van der Waals surface area contributed by atoms with Crippen molar-refractivity contribution in [3.05, 3.63) is 18.0 Å². The van der Waals surface area contributed by atoms with Crippen LogP contribution in [-0.2, 0) is 4.74 Å². The Morgan fingerprint density at radius 2 is 2.08 bits per heavy atom. The van der Waals surface area contributed by atoms with Crippen LogP contribution in [0.1, 0.15) is 50.5 Å². The van der Waals surface area contributed by atoms with Gasteiger partial charge in [0.2, 0.25) is 5.95 Å². The van der Waals surface area contributed by atoms with Gasteiger partial charge in [-0.1, -0.05) is 13.8 Å². The normalized spacial score (nSPS) is 15.0. The Balaban J connectivity index is 1.83. The maximum atomic E-state index is 12.2. The molecule has 8 nitrogen and oxygen atoms in total. The zero-order valence-corrected chi connectivity index (χ0v) is 15.8. The molecule has 0 atom stereocenters. The fourth-order valence-corrected chi connectivity index (χ4v) is 2.72. The lowest BCUT2D eigenvalue weighted by Crippen LogP contribution is -2.42. The molecule has 1 saturated heterocycles. The summed E-state index contributed by atoms with van der Waals surface area (Å²) in [5.41, 5.74) is 0.357. The lowest BCUT2D eigenvalue weighted by atomic mass is 10.1. The van der Waals surface area contributed by atoms with Crippen LogP contribution < -0.4 is 10.6 Å². The summed E-state index contributed by atoms with van der Waals surface area (Å²) in [6.07, 6.45) is 3.82. The van der Waals surface area contributed by atoms with Crippen molar-refractivity contribution in [3.8, 4) is 0 Å². The number of nitrogens with zero attached hydrogens (tertiary/aromatic N) is 3. The first-order valence-corrected chi connectivity index (χ1v) is 9.29. The third-order valence-electron chi connectivity index (χ3n) is 4.25. The quantitative estimate of drug-likeness (QED) is 0.771. The van der Waals surface area contributed by atoms with E-state index in [1.165, 1.54) is 0 Å². The maximum absolute atomic E-state index is 12.2. The van der Waals surface area contributed by atoms with Gasteiger partial charge in [-0.3, -0.25) is 4.79 Å². The third kappa shape index (κ3) is 6.16. The highest BCUT2D eigenvalue weighted by Crippen LogP contribution is 2.15. The van der Waals surface area contributed by atoms with E-state index in [1.807, 2.05) is 0 Å². The van der Waals surface area contributed by atoms with Gasteiger partial charge in [0, 0.05) is 31.9 Å². The number of likely N-dealkylation sites (tertiary alicyclic amines) is 1. The molecule has 0 radical (unpaired) electrons. The van der Waals surface area contributed by atoms with Crippen molar-refractivity contribution < 1.29 is 14.3 Å². The van der Waals surface area contributed by atoms with Crippen LogP contribution in [0.4, 0.5) is 10.7 Å². The van der Waals surface area contributed by atoms with Crippen LogP contribution in [0.5, 0.6) is 0 Å². The van der Waals surface area contributed by atoms with Crippen LogP contribution in [0.15, 0.2) is 12.3 Å². The number of piperidine rings is 1. The summed E-state index contributed by atoms with van der Waals surface area (Å²) in [5, 5.41) is 6.14. The molecule has 2 rings (SSSR count). The molecule has 1 aliphatic heterocycles. The zero-order valence-electron chi connectivity index (χ0n) is 15.8. The van der Waals surface area contributed by atoms with Crippen LogP contribution in [0.3, 0.4) is 0 Å². The van der Waals surface area contributed by atoms with Crippen LogP contribution in [0.2, 0.25) is 0 Å². The summed E-state index contributed by atoms with van der Waals surface area (Å²) < 4.78 is 5.02. The fraction of sp³-hybridized carbons (Fsp3) is 0.667. The molecule has 2 heterocycles. The summed E-state index contributed by atoms with van der Waals surface area (Å²) in [6.45, 7) is 8.32. The molecule has 26 heavy (non-hydrogen) atoms. The van der Waals surface area contributed by atoms with E-state index in [9.17, 15) is 9.59 Å². The Labute approximate surface area is 154 Å². The van der Waals surface area contributed by atoms with Gasteiger partial charge < -0.3 is 20.3 Å². The topological polar surface area (TPSA) is 96.5 Å². The number of rotatable bonds is 7. The minimum Gasteiger partial charge on any atom is -0.450 e. The predicted molar refractivity (Wildman–Crippen MR) is 99.1 cm³/mol. The SMILES string of the molecule is CCOC(=O)N1CCC(Nc2nccc(C(=O)NCCC(C)C)n2)CC1. The highest BCUT2D eigenvalue weighted by molar-refractivity contribution is 5.92. The molecule has 0 saturated carbocycles. The molecule has 1 aliphatic rings. The van der Waals surface area contributed by atoms with Crippen molar-refractivity contribution >= 4 is 17.9 Å². The van der Waals surface area contributed by atoms with Crippen molar-refractivity contribution in [1.29, 1.82) is 0 Å². The summed E-state index contributed by atoms with van der Waals surface area (Å²) in [5.74, 6) is 0.794. The van der Waals surface area contributed by atoms with E-state index in [2.05, 4.69) is 34.4 Å². The molecule has 8 heteroatoms. The first kappa shape index (κ1) is 19.9. The number of carbonyl (C=O) groups excluding carboxylic acids is 2. The van der Waals surface area contributed by atoms with Gasteiger partial charge in [-0.2, -0.15) is 0 Å². The number of anilines is 1. The molecule has 2 N–H and O–H groups in total. The Hall–Kier alpha value is -2.38. The number of aromatic nitrogens is 2. The Morgan fingerprint density at radius 3 is 2.73 bits per heavy atom. The third-order valence-corrected chi connectivity index (χ3v) is 4.25. The summed E-state index contributed by atoms with van der Waals surface area (Å²) >= 11 is 0. The molecule has 0 bridgehead atoms. The number of ether oxygens (including phenoxy) is 1. The number of nitrogens with one attached hydrogen (secondary N) is 2. The summed E-state index contributed by atoms with van der Waals surface area (Å²) in [4.78, 5) is 34.1. The fourth-order valence-electron chi connectivity index (χ4n) is 2.72. The lowest BCUT2D eigenvalue weighted by Gasteiger charge is -2.31. The highest BCUT2D eigenvalue weighted by atomic mass is 16.6.